The molecule has 236 valence electrons. The maximum atomic E-state index is 13.2. The lowest BCUT2D eigenvalue weighted by molar-refractivity contribution is -0.155. The van der Waals surface area contributed by atoms with Gasteiger partial charge in [-0.25, -0.2) is 4.79 Å². The van der Waals surface area contributed by atoms with Crippen LogP contribution in [0.2, 0.25) is 0 Å². The molecule has 0 bridgehead atoms. The Morgan fingerprint density at radius 2 is 1.52 bits per heavy atom. The van der Waals surface area contributed by atoms with Crippen LogP contribution < -0.4 is 0 Å². The van der Waals surface area contributed by atoms with Crippen LogP contribution in [0.3, 0.4) is 0 Å². The Morgan fingerprint density at radius 3 is 2.05 bits per heavy atom. The monoisotopic (exact) mass is 638 g/mol. The van der Waals surface area contributed by atoms with Gasteiger partial charge in [0.05, 0.1) is 24.5 Å². The van der Waals surface area contributed by atoms with Crippen LogP contribution in [0.4, 0.5) is 0 Å². The van der Waals surface area contributed by atoms with E-state index >= 15 is 0 Å². The average Bonchev–Trinajstić information content (AvgIpc) is 2.93. The molecule has 0 heterocycles. The zero-order valence-corrected chi connectivity index (χ0v) is 29.1. The summed E-state index contributed by atoms with van der Waals surface area (Å²) in [7, 11) is 0. The molecule has 0 spiro atoms. The molecule has 2 unspecified atom stereocenters. The maximum Gasteiger partial charge on any atom is 0.334 e. The molecule has 1 rings (SSSR count). The number of thiocarbonyl (C=S) groups is 1. The maximum absolute atomic E-state index is 13.2. The van der Waals surface area contributed by atoms with Gasteiger partial charge < -0.3 is 14.6 Å². The normalized spacial score (nSPS) is 14.5. The van der Waals surface area contributed by atoms with Gasteiger partial charge >= 0.3 is 17.9 Å². The first-order valence-electron chi connectivity index (χ1n) is 14.8. The van der Waals surface area contributed by atoms with Gasteiger partial charge in [-0.1, -0.05) is 70.2 Å². The topological polar surface area (TPSA) is 89.9 Å². The van der Waals surface area contributed by atoms with E-state index in [1.165, 1.54) is 0 Å². The van der Waals surface area contributed by atoms with Gasteiger partial charge in [-0.05, 0) is 89.0 Å². The lowest BCUT2D eigenvalue weighted by Gasteiger charge is -2.41. The van der Waals surface area contributed by atoms with Crippen LogP contribution in [0.1, 0.15) is 99.5 Å². The van der Waals surface area contributed by atoms with E-state index in [0.29, 0.717) is 31.4 Å². The summed E-state index contributed by atoms with van der Waals surface area (Å²) >= 11 is 8.56. The summed E-state index contributed by atoms with van der Waals surface area (Å²) < 4.78 is 11.7. The van der Waals surface area contributed by atoms with Crippen molar-refractivity contribution >= 4 is 63.3 Å². The molecule has 1 aromatic rings. The molecule has 0 aliphatic rings. The van der Waals surface area contributed by atoms with E-state index in [2.05, 4.69) is 6.92 Å². The number of carbonyl (C=O) groups is 3. The van der Waals surface area contributed by atoms with Gasteiger partial charge in [-0.15, -0.1) is 23.5 Å². The van der Waals surface area contributed by atoms with Crippen molar-refractivity contribution in [1.82, 2.24) is 0 Å². The third kappa shape index (κ3) is 12.0. The molecule has 0 aliphatic carbocycles. The minimum absolute atomic E-state index is 0.214. The largest absolute Gasteiger partial charge is 0.481 e. The Labute approximate surface area is 267 Å². The van der Waals surface area contributed by atoms with Crippen molar-refractivity contribution in [2.75, 3.05) is 19.0 Å². The summed E-state index contributed by atoms with van der Waals surface area (Å²) in [5.74, 6) is -0.897. The number of carboxylic acid groups (broad SMARTS) is 1. The highest BCUT2D eigenvalue weighted by molar-refractivity contribution is 8.47. The fraction of sp³-hybridized carbons (Fsp3) is 0.636. The van der Waals surface area contributed by atoms with Crippen LogP contribution >= 0.6 is 35.7 Å². The number of rotatable bonds is 18. The van der Waals surface area contributed by atoms with Crippen molar-refractivity contribution in [2.45, 2.75) is 98.7 Å². The highest BCUT2D eigenvalue weighted by Crippen LogP contribution is 2.47. The number of hydrogen-bond donors (Lipinski definition) is 1. The van der Waals surface area contributed by atoms with Gasteiger partial charge in [0.1, 0.15) is 3.53 Å². The van der Waals surface area contributed by atoms with Crippen LogP contribution in [0.25, 0.3) is 6.08 Å². The number of esters is 2. The third-order valence-corrected chi connectivity index (χ3v) is 11.1. The van der Waals surface area contributed by atoms with Crippen LogP contribution in [0.5, 0.6) is 0 Å². The predicted molar refractivity (Wildman–Crippen MR) is 181 cm³/mol. The van der Waals surface area contributed by atoms with Crippen molar-refractivity contribution in [3.63, 3.8) is 0 Å². The standard InChI is InChI=1S/C33H50O6S3/c1-9-33(8,31(4,5)29(36)37)23-26(22-25-18-14-13-15-19-25)28(35)39-21-17-12-11-16-20-38-27(34)24(3)32(6,7)42-30(40)41-10-2/h13-15,18-19,22,24H,9-12,16-17,20-21,23H2,1-8H3,(H,36,37)/b26-22+. The molecule has 9 heteroatoms. The van der Waals surface area contributed by atoms with E-state index in [-0.39, 0.29) is 23.2 Å². The number of aliphatic carboxylic acids is 1. The Morgan fingerprint density at radius 1 is 0.952 bits per heavy atom. The zero-order chi connectivity index (χ0) is 32.0. The predicted octanol–water partition coefficient (Wildman–Crippen LogP) is 8.82. The van der Waals surface area contributed by atoms with E-state index < -0.39 is 22.8 Å². The molecule has 42 heavy (non-hydrogen) atoms. The fourth-order valence-corrected chi connectivity index (χ4v) is 7.42. The summed E-state index contributed by atoms with van der Waals surface area (Å²) in [4.78, 5) is 37.8. The smallest absolute Gasteiger partial charge is 0.334 e. The molecule has 0 fully saturated rings. The molecule has 0 radical (unpaired) electrons. The number of carboxylic acids is 1. The number of ether oxygens (including phenoxy) is 2. The first kappa shape index (κ1) is 38.2. The molecule has 1 N–H and O–H groups in total. The van der Waals surface area contributed by atoms with Gasteiger partial charge in [-0.3, -0.25) is 9.59 Å². The third-order valence-electron chi connectivity index (χ3n) is 8.33. The Balaban J connectivity index is 2.60. The highest BCUT2D eigenvalue weighted by Gasteiger charge is 2.46. The first-order chi connectivity index (χ1) is 19.6. The van der Waals surface area contributed by atoms with Crippen LogP contribution in [-0.2, 0) is 23.9 Å². The van der Waals surface area contributed by atoms with Crippen LogP contribution in [-0.4, -0.2) is 50.3 Å². The lowest BCUT2D eigenvalue weighted by atomic mass is 9.62. The van der Waals surface area contributed by atoms with Gasteiger partial charge in [0, 0.05) is 10.3 Å². The van der Waals surface area contributed by atoms with E-state index in [9.17, 15) is 19.5 Å². The van der Waals surface area contributed by atoms with E-state index in [0.717, 1.165) is 34.1 Å². The van der Waals surface area contributed by atoms with Gasteiger partial charge in [0.15, 0.2) is 0 Å². The number of unbranched alkanes of at least 4 members (excludes halogenated alkanes) is 3. The second-order valence-corrected chi connectivity index (χ2v) is 16.1. The summed E-state index contributed by atoms with van der Waals surface area (Å²) in [6.45, 7) is 15.9. The number of thioether (sulfide) groups is 2. The molecule has 0 amide bonds. The summed E-state index contributed by atoms with van der Waals surface area (Å²) in [5.41, 5.74) is -0.351. The summed E-state index contributed by atoms with van der Waals surface area (Å²) in [6, 6.07) is 9.52. The number of carbonyl (C=O) groups excluding carboxylic acids is 2. The van der Waals surface area contributed by atoms with Crippen LogP contribution in [0, 0.1) is 16.7 Å². The van der Waals surface area contributed by atoms with E-state index in [1.807, 2.05) is 65.0 Å². The summed E-state index contributed by atoms with van der Waals surface area (Å²) in [6.07, 6.45) is 5.80. The molecule has 0 saturated heterocycles. The molecular weight excluding hydrogens is 589 g/mol. The minimum atomic E-state index is -1.03. The molecule has 6 nitrogen and oxygen atoms in total. The van der Waals surface area contributed by atoms with E-state index in [1.54, 1.807) is 43.4 Å². The van der Waals surface area contributed by atoms with Crippen molar-refractivity contribution < 1.29 is 29.0 Å². The van der Waals surface area contributed by atoms with Crippen molar-refractivity contribution in [2.24, 2.45) is 16.7 Å². The molecule has 0 aliphatic heterocycles. The van der Waals surface area contributed by atoms with Gasteiger partial charge in [-0.2, -0.15) is 0 Å². The minimum Gasteiger partial charge on any atom is -0.481 e. The number of hydrogen-bond acceptors (Lipinski definition) is 8. The Bertz CT molecular complexity index is 1070. The lowest BCUT2D eigenvalue weighted by Crippen LogP contribution is -2.42. The van der Waals surface area contributed by atoms with E-state index in [4.69, 9.17) is 21.7 Å². The first-order valence-corrected chi connectivity index (χ1v) is 17.0. The number of benzene rings is 1. The zero-order valence-electron chi connectivity index (χ0n) is 26.6. The average molecular weight is 639 g/mol. The molecule has 1 aromatic carbocycles. The SMILES string of the molecule is CCSC(=S)SC(C)(C)C(C)C(=O)OCCCCCCOC(=O)/C(=C/c1ccccc1)CC(C)(CC)C(C)(C)C(=O)O. The summed E-state index contributed by atoms with van der Waals surface area (Å²) in [5, 5.41) is 9.88. The second kappa shape index (κ2) is 18.1. The van der Waals surface area contributed by atoms with Gasteiger partial charge in [0.2, 0.25) is 0 Å². The Hall–Kier alpha value is -1.84. The fourth-order valence-electron chi connectivity index (χ4n) is 4.25. The molecule has 0 aromatic heterocycles. The van der Waals surface area contributed by atoms with Crippen molar-refractivity contribution in [1.29, 1.82) is 0 Å². The quantitative estimate of drug-likeness (QED) is 0.0733. The Kier molecular flexibility index (Phi) is 16.4. The second-order valence-electron chi connectivity index (χ2n) is 11.9. The van der Waals surface area contributed by atoms with Crippen molar-refractivity contribution in [3.8, 4) is 0 Å². The van der Waals surface area contributed by atoms with Crippen LogP contribution in [0.15, 0.2) is 35.9 Å². The molecular formula is C33H50O6S3. The molecule has 2 atom stereocenters. The highest BCUT2D eigenvalue weighted by atomic mass is 32.2. The van der Waals surface area contributed by atoms with Gasteiger partial charge in [0.25, 0.3) is 0 Å². The van der Waals surface area contributed by atoms with Crippen molar-refractivity contribution in [3.05, 3.63) is 41.5 Å². The molecule has 0 saturated carbocycles.